The molecule has 0 aliphatic rings. The average molecular weight is 249 g/mol. The van der Waals surface area contributed by atoms with Crippen molar-refractivity contribution in [2.45, 2.75) is 13.2 Å². The highest BCUT2D eigenvalue weighted by molar-refractivity contribution is 5.39. The summed E-state index contributed by atoms with van der Waals surface area (Å²) in [6, 6.07) is 10.7. The quantitative estimate of drug-likeness (QED) is 0.844. The van der Waals surface area contributed by atoms with Crippen LogP contribution in [-0.4, -0.2) is 0 Å². The summed E-state index contributed by atoms with van der Waals surface area (Å²) < 4.78 is 31.3. The molecule has 0 bridgehead atoms. The minimum absolute atomic E-state index is 0.108. The molecule has 0 saturated carbocycles. The second kappa shape index (κ2) is 5.60. The molecule has 94 valence electrons. The molecule has 0 spiro atoms. The molecule has 0 radical (unpaired) electrons. The number of anilines is 1. The molecule has 0 saturated heterocycles. The molecule has 4 heteroatoms. The Morgan fingerprint density at radius 3 is 2.33 bits per heavy atom. The Hall–Kier alpha value is -1.94. The maximum atomic E-state index is 13.3. The van der Waals surface area contributed by atoms with E-state index in [1.165, 1.54) is 12.1 Å². The summed E-state index contributed by atoms with van der Waals surface area (Å²) in [5.74, 6) is -1.18. The highest BCUT2D eigenvalue weighted by Gasteiger charge is 2.03. The van der Waals surface area contributed by atoms with Crippen molar-refractivity contribution < 1.29 is 13.5 Å². The van der Waals surface area contributed by atoms with E-state index in [1.54, 1.807) is 12.1 Å². The lowest BCUT2D eigenvalue weighted by molar-refractivity contribution is 0.105. The number of halogens is 2. The van der Waals surface area contributed by atoms with Crippen molar-refractivity contribution in [2.24, 2.45) is 0 Å². The fourth-order valence-electron chi connectivity index (χ4n) is 1.53. The molecule has 2 rings (SSSR count). The summed E-state index contributed by atoms with van der Waals surface area (Å²) in [7, 11) is 0. The van der Waals surface area contributed by atoms with Gasteiger partial charge in [0.05, 0.1) is 13.2 Å². The van der Waals surface area contributed by atoms with E-state index in [1.807, 2.05) is 12.1 Å². The Balaban J connectivity index is 1.90. The molecule has 0 aliphatic heterocycles. The first kappa shape index (κ1) is 12.5. The lowest BCUT2D eigenvalue weighted by atomic mass is 10.2. The Bertz CT molecular complexity index is 526. The summed E-state index contributed by atoms with van der Waals surface area (Å²) in [6.45, 7) is 0.466. The summed E-state index contributed by atoms with van der Waals surface area (Å²) in [5.41, 5.74) is 7.53. The zero-order valence-electron chi connectivity index (χ0n) is 9.70. The van der Waals surface area contributed by atoms with Crippen molar-refractivity contribution in [3.05, 3.63) is 65.2 Å². The molecule has 0 fully saturated rings. The molecule has 0 atom stereocenters. The van der Waals surface area contributed by atoms with Crippen molar-refractivity contribution in [3.63, 3.8) is 0 Å². The zero-order chi connectivity index (χ0) is 13.0. The van der Waals surface area contributed by atoms with Gasteiger partial charge < -0.3 is 10.5 Å². The van der Waals surface area contributed by atoms with Crippen LogP contribution in [0.3, 0.4) is 0 Å². The molecule has 0 unspecified atom stereocenters. The Morgan fingerprint density at radius 2 is 1.67 bits per heavy atom. The highest BCUT2D eigenvalue weighted by atomic mass is 19.1. The van der Waals surface area contributed by atoms with Gasteiger partial charge in [-0.1, -0.05) is 18.2 Å². The lowest BCUT2D eigenvalue weighted by Crippen LogP contribution is -1.97. The van der Waals surface area contributed by atoms with Gasteiger partial charge >= 0.3 is 0 Å². The topological polar surface area (TPSA) is 35.2 Å². The summed E-state index contributed by atoms with van der Waals surface area (Å²) in [5, 5.41) is 0. The van der Waals surface area contributed by atoms with Crippen molar-refractivity contribution >= 4 is 5.69 Å². The van der Waals surface area contributed by atoms with Gasteiger partial charge in [0.1, 0.15) is 11.6 Å². The molecule has 0 aliphatic carbocycles. The van der Waals surface area contributed by atoms with E-state index in [0.29, 0.717) is 17.9 Å². The van der Waals surface area contributed by atoms with Crippen LogP contribution < -0.4 is 5.73 Å². The van der Waals surface area contributed by atoms with Gasteiger partial charge in [0.25, 0.3) is 0 Å². The van der Waals surface area contributed by atoms with Crippen LogP contribution in [0.4, 0.5) is 14.5 Å². The Kier molecular flexibility index (Phi) is 3.89. The second-order valence-corrected chi connectivity index (χ2v) is 3.97. The maximum absolute atomic E-state index is 13.3. The van der Waals surface area contributed by atoms with Crippen molar-refractivity contribution in [2.75, 3.05) is 5.73 Å². The van der Waals surface area contributed by atoms with E-state index in [4.69, 9.17) is 10.5 Å². The molecule has 0 heterocycles. The predicted octanol–water partition coefficient (Wildman–Crippen LogP) is 3.26. The third-order valence-corrected chi connectivity index (χ3v) is 2.52. The lowest BCUT2D eigenvalue weighted by Gasteiger charge is -2.06. The van der Waals surface area contributed by atoms with E-state index < -0.39 is 11.6 Å². The molecule has 0 amide bonds. The maximum Gasteiger partial charge on any atom is 0.131 e. The average Bonchev–Trinajstić information content (AvgIpc) is 2.34. The second-order valence-electron chi connectivity index (χ2n) is 3.97. The Morgan fingerprint density at radius 1 is 0.944 bits per heavy atom. The van der Waals surface area contributed by atoms with Crippen LogP contribution in [0.15, 0.2) is 42.5 Å². The monoisotopic (exact) mass is 249 g/mol. The van der Waals surface area contributed by atoms with Crippen LogP contribution in [0, 0.1) is 11.6 Å². The minimum atomic E-state index is -0.590. The summed E-state index contributed by atoms with van der Waals surface area (Å²) in [6.07, 6.45) is 0. The standard InChI is InChI=1S/C14H13F2NO/c15-12-4-3-11(14(16)7-12)9-18-8-10-1-5-13(17)6-2-10/h1-7H,8-9,17H2. The fourth-order valence-corrected chi connectivity index (χ4v) is 1.53. The first-order valence-electron chi connectivity index (χ1n) is 5.51. The van der Waals surface area contributed by atoms with Gasteiger partial charge in [0, 0.05) is 17.3 Å². The van der Waals surface area contributed by atoms with Crippen molar-refractivity contribution in [1.29, 1.82) is 0 Å². The molecule has 2 N–H and O–H groups in total. The first-order valence-corrected chi connectivity index (χ1v) is 5.51. The zero-order valence-corrected chi connectivity index (χ0v) is 9.70. The third-order valence-electron chi connectivity index (χ3n) is 2.52. The predicted molar refractivity (Wildman–Crippen MR) is 65.7 cm³/mol. The van der Waals surface area contributed by atoms with Crippen LogP contribution in [0.2, 0.25) is 0 Å². The van der Waals surface area contributed by atoms with Gasteiger partial charge in [-0.2, -0.15) is 0 Å². The van der Waals surface area contributed by atoms with Crippen LogP contribution in [0.1, 0.15) is 11.1 Å². The number of ether oxygens (including phenoxy) is 1. The number of benzene rings is 2. The SMILES string of the molecule is Nc1ccc(COCc2ccc(F)cc2F)cc1. The first-order chi connectivity index (χ1) is 8.65. The molecule has 2 nitrogen and oxygen atoms in total. The van der Waals surface area contributed by atoms with E-state index in [2.05, 4.69) is 0 Å². The van der Waals surface area contributed by atoms with Crippen LogP contribution in [0.5, 0.6) is 0 Å². The normalized spacial score (nSPS) is 10.6. The van der Waals surface area contributed by atoms with Crippen molar-refractivity contribution in [1.82, 2.24) is 0 Å². The van der Waals surface area contributed by atoms with Gasteiger partial charge in [0.2, 0.25) is 0 Å². The third kappa shape index (κ3) is 3.28. The highest BCUT2D eigenvalue weighted by Crippen LogP contribution is 2.12. The number of nitrogens with two attached hydrogens (primary N) is 1. The van der Waals surface area contributed by atoms with E-state index in [-0.39, 0.29) is 6.61 Å². The van der Waals surface area contributed by atoms with Crippen molar-refractivity contribution in [3.8, 4) is 0 Å². The van der Waals surface area contributed by atoms with Crippen LogP contribution in [-0.2, 0) is 18.0 Å². The van der Waals surface area contributed by atoms with Gasteiger partial charge in [-0.15, -0.1) is 0 Å². The smallest absolute Gasteiger partial charge is 0.131 e. The van der Waals surface area contributed by atoms with Crippen LogP contribution >= 0.6 is 0 Å². The number of hydrogen-bond acceptors (Lipinski definition) is 2. The van der Waals surface area contributed by atoms with Gasteiger partial charge in [-0.05, 0) is 23.8 Å². The minimum Gasteiger partial charge on any atom is -0.399 e. The van der Waals surface area contributed by atoms with E-state index >= 15 is 0 Å². The molecular formula is C14H13F2NO. The number of hydrogen-bond donors (Lipinski definition) is 1. The summed E-state index contributed by atoms with van der Waals surface area (Å²) in [4.78, 5) is 0. The fraction of sp³-hybridized carbons (Fsp3) is 0.143. The Labute approximate surface area is 104 Å². The largest absolute Gasteiger partial charge is 0.399 e. The number of nitrogen functional groups attached to an aromatic ring is 1. The van der Waals surface area contributed by atoms with Gasteiger partial charge in [-0.25, -0.2) is 8.78 Å². The molecule has 2 aromatic carbocycles. The summed E-state index contributed by atoms with van der Waals surface area (Å²) >= 11 is 0. The molecule has 0 aromatic heterocycles. The van der Waals surface area contributed by atoms with Gasteiger partial charge in [0.15, 0.2) is 0 Å². The van der Waals surface area contributed by atoms with Crippen LogP contribution in [0.25, 0.3) is 0 Å². The molecule has 2 aromatic rings. The van der Waals surface area contributed by atoms with E-state index in [9.17, 15) is 8.78 Å². The van der Waals surface area contributed by atoms with E-state index in [0.717, 1.165) is 11.6 Å². The van der Waals surface area contributed by atoms with Gasteiger partial charge in [-0.3, -0.25) is 0 Å². The molecular weight excluding hydrogens is 236 g/mol. The molecule has 18 heavy (non-hydrogen) atoms. The number of rotatable bonds is 4.